The molecule has 0 atom stereocenters. The molecule has 0 radical (unpaired) electrons. The quantitative estimate of drug-likeness (QED) is 0.682. The SMILES string of the molecule is Cc1cccc(N2CCN(C(=O)Cn3nc(-c4ccccc4)oc3=O)CC2)c1C. The van der Waals surface area contributed by atoms with Crippen molar-refractivity contribution in [3.05, 3.63) is 70.2 Å². The zero-order chi connectivity index (χ0) is 20.4. The first-order valence-corrected chi connectivity index (χ1v) is 9.75. The van der Waals surface area contributed by atoms with Crippen molar-refractivity contribution in [2.24, 2.45) is 0 Å². The second-order valence-corrected chi connectivity index (χ2v) is 7.28. The molecule has 4 rings (SSSR count). The Morgan fingerprint density at radius 2 is 1.72 bits per heavy atom. The molecular weight excluding hydrogens is 368 g/mol. The first-order chi connectivity index (χ1) is 14.0. The van der Waals surface area contributed by atoms with E-state index in [1.807, 2.05) is 30.3 Å². The van der Waals surface area contributed by atoms with Crippen molar-refractivity contribution in [3.8, 4) is 11.5 Å². The van der Waals surface area contributed by atoms with Crippen LogP contribution in [-0.2, 0) is 11.3 Å². The molecule has 0 unspecified atom stereocenters. The normalized spacial score (nSPS) is 14.3. The van der Waals surface area contributed by atoms with Gasteiger partial charge in [0.1, 0.15) is 6.54 Å². The molecule has 3 aromatic rings. The maximum atomic E-state index is 12.7. The summed E-state index contributed by atoms with van der Waals surface area (Å²) in [5.74, 6) is -0.519. The van der Waals surface area contributed by atoms with Crippen LogP contribution < -0.4 is 10.7 Å². The Hall–Kier alpha value is -3.35. The molecule has 7 heteroatoms. The Labute approximate surface area is 169 Å². The number of hydrogen-bond donors (Lipinski definition) is 0. The van der Waals surface area contributed by atoms with E-state index in [1.165, 1.54) is 16.8 Å². The van der Waals surface area contributed by atoms with E-state index in [0.717, 1.165) is 17.8 Å². The van der Waals surface area contributed by atoms with Crippen molar-refractivity contribution < 1.29 is 9.21 Å². The third-order valence-electron chi connectivity index (χ3n) is 5.46. The smallest absolute Gasteiger partial charge is 0.388 e. The van der Waals surface area contributed by atoms with Crippen molar-refractivity contribution >= 4 is 11.6 Å². The van der Waals surface area contributed by atoms with Gasteiger partial charge in [-0.1, -0.05) is 30.3 Å². The van der Waals surface area contributed by atoms with Gasteiger partial charge in [-0.2, -0.15) is 4.68 Å². The van der Waals surface area contributed by atoms with Crippen LogP contribution in [0.5, 0.6) is 0 Å². The zero-order valence-electron chi connectivity index (χ0n) is 16.7. The second kappa shape index (κ2) is 7.95. The minimum absolute atomic E-state index is 0.112. The molecule has 2 aromatic carbocycles. The number of carbonyl (C=O) groups excluding carboxylic acids is 1. The fraction of sp³-hybridized carbons (Fsp3) is 0.318. The third-order valence-corrected chi connectivity index (χ3v) is 5.46. The molecule has 1 aliphatic rings. The molecule has 0 saturated carbocycles. The highest BCUT2D eigenvalue weighted by molar-refractivity contribution is 5.76. The number of nitrogens with zero attached hydrogens (tertiary/aromatic N) is 4. The maximum Gasteiger partial charge on any atom is 0.437 e. The Morgan fingerprint density at radius 1 is 1.00 bits per heavy atom. The van der Waals surface area contributed by atoms with Crippen LogP contribution in [0.2, 0.25) is 0 Å². The van der Waals surface area contributed by atoms with E-state index in [1.54, 1.807) is 4.90 Å². The maximum absolute atomic E-state index is 12.7. The molecule has 2 heterocycles. The summed E-state index contributed by atoms with van der Waals surface area (Å²) < 4.78 is 6.30. The molecule has 1 amide bonds. The number of anilines is 1. The van der Waals surface area contributed by atoms with Gasteiger partial charge >= 0.3 is 5.76 Å². The lowest BCUT2D eigenvalue weighted by Crippen LogP contribution is -2.50. The second-order valence-electron chi connectivity index (χ2n) is 7.28. The molecular formula is C22H24N4O3. The zero-order valence-corrected chi connectivity index (χ0v) is 16.7. The number of aromatic nitrogens is 2. The van der Waals surface area contributed by atoms with Crippen molar-refractivity contribution in [2.45, 2.75) is 20.4 Å². The van der Waals surface area contributed by atoms with Gasteiger partial charge in [-0.25, -0.2) is 4.79 Å². The summed E-state index contributed by atoms with van der Waals surface area (Å²) in [5, 5.41) is 4.18. The standard InChI is InChI=1S/C22H24N4O3/c1-16-7-6-10-19(17(16)2)24-11-13-25(14-12-24)20(27)15-26-22(28)29-21(23-26)18-8-4-3-5-9-18/h3-10H,11-15H2,1-2H3. The van der Waals surface area contributed by atoms with Crippen molar-refractivity contribution in [2.75, 3.05) is 31.1 Å². The lowest BCUT2D eigenvalue weighted by Gasteiger charge is -2.37. The summed E-state index contributed by atoms with van der Waals surface area (Å²) in [6.07, 6.45) is 0. The molecule has 29 heavy (non-hydrogen) atoms. The molecule has 150 valence electrons. The molecule has 0 N–H and O–H groups in total. The van der Waals surface area contributed by atoms with Gasteiger partial charge < -0.3 is 14.2 Å². The van der Waals surface area contributed by atoms with Crippen LogP contribution in [0.25, 0.3) is 11.5 Å². The summed E-state index contributed by atoms with van der Waals surface area (Å²) in [5.41, 5.74) is 4.46. The van der Waals surface area contributed by atoms with Crippen LogP contribution >= 0.6 is 0 Å². The summed E-state index contributed by atoms with van der Waals surface area (Å²) in [6, 6.07) is 15.5. The van der Waals surface area contributed by atoms with E-state index in [2.05, 4.69) is 42.0 Å². The van der Waals surface area contributed by atoms with E-state index in [0.29, 0.717) is 18.7 Å². The van der Waals surface area contributed by atoms with Crippen molar-refractivity contribution in [3.63, 3.8) is 0 Å². The van der Waals surface area contributed by atoms with Crippen LogP contribution in [0.15, 0.2) is 57.7 Å². The molecule has 1 saturated heterocycles. The van der Waals surface area contributed by atoms with Gasteiger partial charge in [-0.15, -0.1) is 5.10 Å². The van der Waals surface area contributed by atoms with Gasteiger partial charge in [0, 0.05) is 37.4 Å². The fourth-order valence-corrected chi connectivity index (χ4v) is 3.61. The number of piperazine rings is 1. The Kier molecular flexibility index (Phi) is 5.20. The predicted octanol–water partition coefficient (Wildman–Crippen LogP) is 2.47. The Morgan fingerprint density at radius 3 is 2.45 bits per heavy atom. The monoisotopic (exact) mass is 392 g/mol. The van der Waals surface area contributed by atoms with E-state index >= 15 is 0 Å². The highest BCUT2D eigenvalue weighted by atomic mass is 16.4. The lowest BCUT2D eigenvalue weighted by atomic mass is 10.1. The highest BCUT2D eigenvalue weighted by Crippen LogP contribution is 2.24. The van der Waals surface area contributed by atoms with Crippen LogP contribution in [0.1, 0.15) is 11.1 Å². The topological polar surface area (TPSA) is 71.6 Å². The molecule has 1 aliphatic heterocycles. The molecule has 7 nitrogen and oxygen atoms in total. The van der Waals surface area contributed by atoms with E-state index in [-0.39, 0.29) is 18.3 Å². The van der Waals surface area contributed by atoms with Gasteiger partial charge in [-0.3, -0.25) is 4.79 Å². The number of carbonyl (C=O) groups is 1. The summed E-state index contributed by atoms with van der Waals surface area (Å²) in [4.78, 5) is 28.9. The first kappa shape index (κ1) is 19.0. The molecule has 1 fully saturated rings. The Bertz CT molecular complexity index is 1060. The van der Waals surface area contributed by atoms with E-state index in [9.17, 15) is 9.59 Å². The molecule has 0 aliphatic carbocycles. The fourth-order valence-electron chi connectivity index (χ4n) is 3.61. The summed E-state index contributed by atoms with van der Waals surface area (Å²) >= 11 is 0. The third kappa shape index (κ3) is 3.94. The first-order valence-electron chi connectivity index (χ1n) is 9.75. The number of aryl methyl sites for hydroxylation is 1. The van der Waals surface area contributed by atoms with Gasteiger partial charge in [-0.05, 0) is 43.2 Å². The van der Waals surface area contributed by atoms with Crippen LogP contribution in [0, 0.1) is 13.8 Å². The van der Waals surface area contributed by atoms with Crippen molar-refractivity contribution in [1.29, 1.82) is 0 Å². The van der Waals surface area contributed by atoms with Crippen LogP contribution in [-0.4, -0.2) is 46.8 Å². The highest BCUT2D eigenvalue weighted by Gasteiger charge is 2.24. The van der Waals surface area contributed by atoms with Crippen LogP contribution in [0.3, 0.4) is 0 Å². The average molecular weight is 392 g/mol. The number of benzene rings is 2. The minimum atomic E-state index is -0.619. The van der Waals surface area contributed by atoms with Crippen LogP contribution in [0.4, 0.5) is 5.69 Å². The van der Waals surface area contributed by atoms with E-state index < -0.39 is 5.76 Å². The van der Waals surface area contributed by atoms with E-state index in [4.69, 9.17) is 4.42 Å². The van der Waals surface area contributed by atoms with Gasteiger partial charge in [0.25, 0.3) is 0 Å². The molecule has 0 spiro atoms. The minimum Gasteiger partial charge on any atom is -0.388 e. The number of rotatable bonds is 4. The Balaban J connectivity index is 1.40. The van der Waals surface area contributed by atoms with Gasteiger partial charge in [0.2, 0.25) is 11.8 Å². The van der Waals surface area contributed by atoms with Crippen molar-refractivity contribution in [1.82, 2.24) is 14.7 Å². The summed E-state index contributed by atoms with van der Waals surface area (Å²) in [7, 11) is 0. The predicted molar refractivity (Wildman–Crippen MR) is 111 cm³/mol. The number of amides is 1. The largest absolute Gasteiger partial charge is 0.437 e. The molecule has 1 aromatic heterocycles. The average Bonchev–Trinajstić information content (AvgIpc) is 3.11. The number of hydrogen-bond acceptors (Lipinski definition) is 5. The lowest BCUT2D eigenvalue weighted by molar-refractivity contribution is -0.132. The van der Waals surface area contributed by atoms with Gasteiger partial charge in [0.15, 0.2) is 0 Å². The summed E-state index contributed by atoms with van der Waals surface area (Å²) in [6.45, 7) is 6.88. The molecule has 0 bridgehead atoms. The van der Waals surface area contributed by atoms with Gasteiger partial charge in [0.05, 0.1) is 0 Å².